The fourth-order valence-electron chi connectivity index (χ4n) is 2.00. The number of hydrogen-bond donors (Lipinski definition) is 2. The molecule has 0 bridgehead atoms. The molecule has 0 aliphatic carbocycles. The fraction of sp³-hybridized carbons (Fsp3) is 0.818. The van der Waals surface area contributed by atoms with E-state index in [1.807, 2.05) is 6.92 Å². The molecule has 0 aromatic rings. The highest BCUT2D eigenvalue weighted by atomic mass is 16.2. The van der Waals surface area contributed by atoms with Crippen molar-refractivity contribution in [1.82, 2.24) is 15.5 Å². The van der Waals surface area contributed by atoms with E-state index < -0.39 is 0 Å². The van der Waals surface area contributed by atoms with E-state index in [0.717, 1.165) is 6.42 Å². The number of carbonyl (C=O) groups is 2. The van der Waals surface area contributed by atoms with Crippen LogP contribution in [0.15, 0.2) is 0 Å². The number of ketones is 1. The van der Waals surface area contributed by atoms with Crippen LogP contribution in [0.2, 0.25) is 0 Å². The highest BCUT2D eigenvalue weighted by Gasteiger charge is 2.37. The third-order valence-electron chi connectivity index (χ3n) is 3.19. The minimum absolute atomic E-state index is 0.0100. The zero-order chi connectivity index (χ0) is 12.3. The first-order chi connectivity index (χ1) is 7.52. The Morgan fingerprint density at radius 3 is 2.75 bits per heavy atom. The van der Waals surface area contributed by atoms with Crippen LogP contribution < -0.4 is 10.6 Å². The molecule has 3 unspecified atom stereocenters. The van der Waals surface area contributed by atoms with Gasteiger partial charge in [-0.1, -0.05) is 6.92 Å². The summed E-state index contributed by atoms with van der Waals surface area (Å²) in [5.41, 5.74) is 0. The second kappa shape index (κ2) is 5.41. The average Bonchev–Trinajstić information content (AvgIpc) is 2.27. The minimum atomic E-state index is -0.360. The lowest BCUT2D eigenvalue weighted by molar-refractivity contribution is -0.146. The number of likely N-dealkylation sites (N-methyl/N-ethyl adjacent to an activating group) is 1. The Balaban J connectivity index is 2.88. The van der Waals surface area contributed by atoms with E-state index in [9.17, 15) is 9.59 Å². The molecule has 1 fully saturated rings. The molecule has 1 amide bonds. The summed E-state index contributed by atoms with van der Waals surface area (Å²) >= 11 is 0. The number of rotatable bonds is 4. The van der Waals surface area contributed by atoms with Gasteiger partial charge in [-0.2, -0.15) is 0 Å². The number of nitrogens with one attached hydrogen (secondary N) is 2. The van der Waals surface area contributed by atoms with Gasteiger partial charge in [-0.15, -0.1) is 0 Å². The van der Waals surface area contributed by atoms with Gasteiger partial charge in [0.25, 0.3) is 0 Å². The summed E-state index contributed by atoms with van der Waals surface area (Å²) in [6, 6.07) is -0.592. The Morgan fingerprint density at radius 1 is 1.69 bits per heavy atom. The molecule has 0 saturated carbocycles. The second-order valence-corrected chi connectivity index (χ2v) is 4.21. The molecule has 2 N–H and O–H groups in total. The van der Waals surface area contributed by atoms with E-state index in [0.29, 0.717) is 6.54 Å². The summed E-state index contributed by atoms with van der Waals surface area (Å²) < 4.78 is 0. The van der Waals surface area contributed by atoms with Crippen LogP contribution in [0.1, 0.15) is 27.2 Å². The molecule has 92 valence electrons. The summed E-state index contributed by atoms with van der Waals surface area (Å²) in [4.78, 5) is 25.2. The summed E-state index contributed by atoms with van der Waals surface area (Å²) in [6.45, 7) is 5.93. The van der Waals surface area contributed by atoms with E-state index in [-0.39, 0.29) is 29.9 Å². The lowest BCUT2D eigenvalue weighted by Gasteiger charge is -2.42. The van der Waals surface area contributed by atoms with Gasteiger partial charge in [-0.3, -0.25) is 14.9 Å². The van der Waals surface area contributed by atoms with Gasteiger partial charge in [-0.05, 0) is 27.3 Å². The Morgan fingerprint density at radius 2 is 2.31 bits per heavy atom. The van der Waals surface area contributed by atoms with Crippen LogP contribution in [0, 0.1) is 0 Å². The lowest BCUT2D eigenvalue weighted by atomic mass is 10.1. The zero-order valence-corrected chi connectivity index (χ0v) is 10.4. The van der Waals surface area contributed by atoms with Crippen molar-refractivity contribution in [3.63, 3.8) is 0 Å². The molecule has 1 aliphatic heterocycles. The largest absolute Gasteiger partial charge is 0.316 e. The summed E-state index contributed by atoms with van der Waals surface area (Å²) in [5.74, 6) is 0.0288. The zero-order valence-electron chi connectivity index (χ0n) is 10.4. The molecule has 0 aromatic carbocycles. The van der Waals surface area contributed by atoms with Crippen LogP contribution in [0.5, 0.6) is 0 Å². The third kappa shape index (κ3) is 2.41. The number of carbonyl (C=O) groups excluding carboxylic acids is 2. The van der Waals surface area contributed by atoms with E-state index in [4.69, 9.17) is 0 Å². The van der Waals surface area contributed by atoms with Crippen molar-refractivity contribution in [2.75, 3.05) is 13.6 Å². The van der Waals surface area contributed by atoms with Gasteiger partial charge in [0.2, 0.25) is 5.91 Å². The molecule has 5 heteroatoms. The molecule has 0 radical (unpaired) electrons. The van der Waals surface area contributed by atoms with E-state index >= 15 is 0 Å². The third-order valence-corrected chi connectivity index (χ3v) is 3.19. The van der Waals surface area contributed by atoms with Crippen molar-refractivity contribution in [2.24, 2.45) is 0 Å². The second-order valence-electron chi connectivity index (χ2n) is 4.21. The summed E-state index contributed by atoms with van der Waals surface area (Å²) in [7, 11) is 1.76. The highest BCUT2D eigenvalue weighted by Crippen LogP contribution is 2.14. The summed E-state index contributed by atoms with van der Waals surface area (Å²) in [5, 5.41) is 6.23. The quantitative estimate of drug-likeness (QED) is 0.693. The standard InChI is InChI=1S/C11H21N3O2/c1-5-10-13-6-9(12-4)11(16)14(10)7(2)8(3)15/h7,9-10,12-13H,5-6H2,1-4H3. The maximum absolute atomic E-state index is 12.1. The van der Waals surface area contributed by atoms with Gasteiger partial charge in [0.05, 0.1) is 18.2 Å². The van der Waals surface area contributed by atoms with Gasteiger partial charge in [0, 0.05) is 6.54 Å². The Hall–Kier alpha value is -0.940. The van der Waals surface area contributed by atoms with Crippen LogP contribution in [0.3, 0.4) is 0 Å². The van der Waals surface area contributed by atoms with Crippen molar-refractivity contribution in [2.45, 2.75) is 45.4 Å². The molecule has 3 atom stereocenters. The van der Waals surface area contributed by atoms with Crippen LogP contribution >= 0.6 is 0 Å². The Kier molecular flexibility index (Phi) is 4.44. The predicted molar refractivity (Wildman–Crippen MR) is 61.9 cm³/mol. The Labute approximate surface area is 96.6 Å². The number of amides is 1. The summed E-state index contributed by atoms with van der Waals surface area (Å²) in [6.07, 6.45) is 0.774. The number of hydrogen-bond acceptors (Lipinski definition) is 4. The molecular weight excluding hydrogens is 206 g/mol. The van der Waals surface area contributed by atoms with Gasteiger partial charge < -0.3 is 10.2 Å². The molecular formula is C11H21N3O2. The number of Topliss-reactive ketones (excluding diaryl/α,β-unsaturated/α-hetero) is 1. The SMILES string of the molecule is CCC1NCC(NC)C(=O)N1C(C)C(C)=O. The first-order valence-electron chi connectivity index (χ1n) is 5.76. The van der Waals surface area contributed by atoms with E-state index in [2.05, 4.69) is 10.6 Å². The molecule has 1 rings (SSSR count). The molecule has 1 heterocycles. The van der Waals surface area contributed by atoms with E-state index in [1.165, 1.54) is 6.92 Å². The smallest absolute Gasteiger partial charge is 0.242 e. The predicted octanol–water partition coefficient (Wildman–Crippen LogP) is -0.280. The van der Waals surface area contributed by atoms with Crippen LogP contribution in [0.25, 0.3) is 0 Å². The van der Waals surface area contributed by atoms with Gasteiger partial charge in [0.1, 0.15) is 0 Å². The van der Waals surface area contributed by atoms with Crippen molar-refractivity contribution < 1.29 is 9.59 Å². The topological polar surface area (TPSA) is 61.4 Å². The molecule has 16 heavy (non-hydrogen) atoms. The van der Waals surface area contributed by atoms with Gasteiger partial charge in [0.15, 0.2) is 5.78 Å². The molecule has 1 saturated heterocycles. The van der Waals surface area contributed by atoms with Crippen molar-refractivity contribution in [3.8, 4) is 0 Å². The highest BCUT2D eigenvalue weighted by molar-refractivity contribution is 5.90. The lowest BCUT2D eigenvalue weighted by Crippen LogP contribution is -2.66. The van der Waals surface area contributed by atoms with Gasteiger partial charge in [-0.25, -0.2) is 0 Å². The van der Waals surface area contributed by atoms with Crippen molar-refractivity contribution in [1.29, 1.82) is 0 Å². The van der Waals surface area contributed by atoms with Crippen LogP contribution in [0.4, 0.5) is 0 Å². The molecule has 0 aromatic heterocycles. The minimum Gasteiger partial charge on any atom is -0.316 e. The van der Waals surface area contributed by atoms with Crippen molar-refractivity contribution in [3.05, 3.63) is 0 Å². The molecule has 0 spiro atoms. The molecule has 5 nitrogen and oxygen atoms in total. The maximum atomic E-state index is 12.1. The van der Waals surface area contributed by atoms with Crippen LogP contribution in [-0.2, 0) is 9.59 Å². The van der Waals surface area contributed by atoms with Gasteiger partial charge >= 0.3 is 0 Å². The molecule has 1 aliphatic rings. The average molecular weight is 227 g/mol. The Bertz CT molecular complexity index is 280. The fourth-order valence-corrected chi connectivity index (χ4v) is 2.00. The normalized spacial score (nSPS) is 28.0. The van der Waals surface area contributed by atoms with Crippen LogP contribution in [-0.4, -0.2) is 48.4 Å². The van der Waals surface area contributed by atoms with Crippen molar-refractivity contribution >= 4 is 11.7 Å². The maximum Gasteiger partial charge on any atom is 0.242 e. The monoisotopic (exact) mass is 227 g/mol. The first kappa shape index (κ1) is 13.1. The first-order valence-corrected chi connectivity index (χ1v) is 5.76. The van der Waals surface area contributed by atoms with E-state index in [1.54, 1.807) is 18.9 Å². The number of nitrogens with zero attached hydrogens (tertiary/aromatic N) is 1.